The molecule has 3 heterocycles. The number of aryl methyl sites for hydroxylation is 1. The summed E-state index contributed by atoms with van der Waals surface area (Å²) >= 11 is 0. The van der Waals surface area contributed by atoms with E-state index in [0.29, 0.717) is 29.9 Å². The molecule has 1 saturated heterocycles. The molecule has 1 amide bonds. The van der Waals surface area contributed by atoms with Gasteiger partial charge in [0.15, 0.2) is 0 Å². The number of para-hydroxylation sites is 1. The van der Waals surface area contributed by atoms with Crippen molar-refractivity contribution in [3.05, 3.63) is 65.6 Å². The number of esters is 1. The molecule has 1 aromatic carbocycles. The van der Waals surface area contributed by atoms with Crippen molar-refractivity contribution < 1.29 is 19.1 Å². The number of likely N-dealkylation sites (tertiary alicyclic amines) is 1. The largest absolute Gasteiger partial charge is 0.472 e. The first-order valence-corrected chi connectivity index (χ1v) is 11.0. The SMILES string of the molecule is CC.COC(=O)c1c(C)ccnc1O[C@@H]1CCCN(C(=O)c2ccccc2-n2nccn2)C1. The molecule has 174 valence electrons. The first kappa shape index (κ1) is 23.9. The number of hydrogen-bond acceptors (Lipinski definition) is 7. The van der Waals surface area contributed by atoms with Crippen LogP contribution in [-0.2, 0) is 4.74 Å². The molecule has 3 aromatic rings. The van der Waals surface area contributed by atoms with E-state index in [0.717, 1.165) is 18.4 Å². The Kier molecular flexibility index (Phi) is 8.12. The molecular weight excluding hydrogens is 422 g/mol. The Morgan fingerprint density at radius 3 is 2.52 bits per heavy atom. The van der Waals surface area contributed by atoms with Gasteiger partial charge < -0.3 is 14.4 Å². The molecule has 0 radical (unpaired) electrons. The van der Waals surface area contributed by atoms with Gasteiger partial charge in [0.2, 0.25) is 5.88 Å². The van der Waals surface area contributed by atoms with Gasteiger partial charge in [-0.2, -0.15) is 15.0 Å². The maximum atomic E-state index is 13.3. The van der Waals surface area contributed by atoms with E-state index in [9.17, 15) is 9.59 Å². The van der Waals surface area contributed by atoms with Gasteiger partial charge in [-0.05, 0) is 43.5 Å². The quantitative estimate of drug-likeness (QED) is 0.548. The third-order valence-corrected chi connectivity index (χ3v) is 5.23. The lowest BCUT2D eigenvalue weighted by Crippen LogP contribution is -2.44. The van der Waals surface area contributed by atoms with Crippen molar-refractivity contribution in [1.29, 1.82) is 0 Å². The minimum absolute atomic E-state index is 0.119. The number of hydrogen-bond donors (Lipinski definition) is 0. The zero-order chi connectivity index (χ0) is 23.8. The number of aromatic nitrogens is 4. The molecule has 0 unspecified atom stereocenters. The number of pyridine rings is 1. The second kappa shape index (κ2) is 11.2. The van der Waals surface area contributed by atoms with Crippen molar-refractivity contribution in [2.75, 3.05) is 20.2 Å². The summed E-state index contributed by atoms with van der Waals surface area (Å²) in [5, 5.41) is 8.29. The Balaban J connectivity index is 0.00000149. The fourth-order valence-electron chi connectivity index (χ4n) is 3.69. The van der Waals surface area contributed by atoms with Gasteiger partial charge in [0.1, 0.15) is 11.7 Å². The number of nitrogens with zero attached hydrogens (tertiary/aromatic N) is 5. The van der Waals surface area contributed by atoms with Gasteiger partial charge in [0.25, 0.3) is 5.91 Å². The summed E-state index contributed by atoms with van der Waals surface area (Å²) in [4.78, 5) is 32.9. The van der Waals surface area contributed by atoms with Gasteiger partial charge in [-0.3, -0.25) is 4.79 Å². The zero-order valence-corrected chi connectivity index (χ0v) is 19.4. The van der Waals surface area contributed by atoms with E-state index in [1.165, 1.54) is 11.9 Å². The molecule has 1 aliphatic rings. The number of rotatable bonds is 5. The van der Waals surface area contributed by atoms with Crippen molar-refractivity contribution in [3.8, 4) is 11.6 Å². The third-order valence-electron chi connectivity index (χ3n) is 5.23. The fraction of sp³-hybridized carbons (Fsp3) is 0.375. The number of carbonyl (C=O) groups excluding carboxylic acids is 2. The number of methoxy groups -OCH3 is 1. The lowest BCUT2D eigenvalue weighted by molar-refractivity contribution is 0.0497. The molecule has 33 heavy (non-hydrogen) atoms. The molecule has 1 fully saturated rings. The molecule has 0 N–H and O–H groups in total. The van der Waals surface area contributed by atoms with Crippen LogP contribution in [0.2, 0.25) is 0 Å². The van der Waals surface area contributed by atoms with Crippen LogP contribution in [0.5, 0.6) is 5.88 Å². The second-order valence-corrected chi connectivity index (χ2v) is 7.27. The molecule has 0 bridgehead atoms. The highest BCUT2D eigenvalue weighted by Gasteiger charge is 2.29. The summed E-state index contributed by atoms with van der Waals surface area (Å²) < 4.78 is 10.9. The van der Waals surface area contributed by atoms with Crippen molar-refractivity contribution in [2.45, 2.75) is 39.7 Å². The van der Waals surface area contributed by atoms with E-state index < -0.39 is 5.97 Å². The van der Waals surface area contributed by atoms with Crippen molar-refractivity contribution in [2.24, 2.45) is 0 Å². The average molecular weight is 452 g/mol. The van der Waals surface area contributed by atoms with Crippen molar-refractivity contribution >= 4 is 11.9 Å². The summed E-state index contributed by atoms with van der Waals surface area (Å²) in [5.41, 5.74) is 2.17. The Bertz CT molecular complexity index is 1080. The summed E-state index contributed by atoms with van der Waals surface area (Å²) in [7, 11) is 1.32. The van der Waals surface area contributed by atoms with Gasteiger partial charge in [-0.15, -0.1) is 0 Å². The fourth-order valence-corrected chi connectivity index (χ4v) is 3.69. The molecule has 0 spiro atoms. The van der Waals surface area contributed by atoms with E-state index in [1.54, 1.807) is 42.5 Å². The van der Waals surface area contributed by atoms with Crippen LogP contribution in [0.1, 0.15) is 53.0 Å². The first-order chi connectivity index (χ1) is 16.1. The smallest absolute Gasteiger partial charge is 0.343 e. The number of amides is 1. The molecule has 4 rings (SSSR count). The Morgan fingerprint density at radius 1 is 1.06 bits per heavy atom. The Morgan fingerprint density at radius 2 is 1.79 bits per heavy atom. The van der Waals surface area contributed by atoms with E-state index in [4.69, 9.17) is 9.47 Å². The highest BCUT2D eigenvalue weighted by molar-refractivity contribution is 5.97. The van der Waals surface area contributed by atoms with Crippen LogP contribution >= 0.6 is 0 Å². The molecule has 9 heteroatoms. The first-order valence-electron chi connectivity index (χ1n) is 11.0. The summed E-state index contributed by atoms with van der Waals surface area (Å²) in [6, 6.07) is 8.97. The molecule has 0 saturated carbocycles. The normalized spacial score (nSPS) is 15.3. The maximum Gasteiger partial charge on any atom is 0.343 e. The van der Waals surface area contributed by atoms with Crippen LogP contribution in [0.15, 0.2) is 48.9 Å². The monoisotopic (exact) mass is 451 g/mol. The summed E-state index contributed by atoms with van der Waals surface area (Å²) in [6.45, 7) is 6.80. The van der Waals surface area contributed by atoms with E-state index in [-0.39, 0.29) is 17.9 Å². The molecule has 1 aliphatic heterocycles. The van der Waals surface area contributed by atoms with Crippen molar-refractivity contribution in [3.63, 3.8) is 0 Å². The number of benzene rings is 1. The molecule has 2 aromatic heterocycles. The molecular formula is C24H29N5O4. The number of ether oxygens (including phenoxy) is 2. The van der Waals surface area contributed by atoms with E-state index >= 15 is 0 Å². The molecule has 9 nitrogen and oxygen atoms in total. The highest BCUT2D eigenvalue weighted by Crippen LogP contribution is 2.25. The average Bonchev–Trinajstić information content (AvgIpc) is 3.40. The summed E-state index contributed by atoms with van der Waals surface area (Å²) in [5.74, 6) is -0.385. The van der Waals surface area contributed by atoms with Gasteiger partial charge >= 0.3 is 5.97 Å². The minimum Gasteiger partial charge on any atom is -0.472 e. The zero-order valence-electron chi connectivity index (χ0n) is 19.4. The minimum atomic E-state index is -0.495. The van der Waals surface area contributed by atoms with Crippen LogP contribution < -0.4 is 4.74 Å². The van der Waals surface area contributed by atoms with Crippen LogP contribution in [0, 0.1) is 6.92 Å². The van der Waals surface area contributed by atoms with Gasteiger partial charge in [-0.25, -0.2) is 9.78 Å². The van der Waals surface area contributed by atoms with Crippen LogP contribution in [0.4, 0.5) is 0 Å². The van der Waals surface area contributed by atoms with E-state index in [1.807, 2.05) is 32.0 Å². The molecule has 0 aliphatic carbocycles. The van der Waals surface area contributed by atoms with Crippen molar-refractivity contribution in [1.82, 2.24) is 24.9 Å². The van der Waals surface area contributed by atoms with Crippen LogP contribution in [0.3, 0.4) is 0 Å². The van der Waals surface area contributed by atoms with Gasteiger partial charge in [-0.1, -0.05) is 26.0 Å². The van der Waals surface area contributed by atoms with Crippen LogP contribution in [-0.4, -0.2) is 63.1 Å². The Hall–Kier alpha value is -3.75. The maximum absolute atomic E-state index is 13.3. The topological polar surface area (TPSA) is 99.4 Å². The number of carbonyl (C=O) groups is 2. The lowest BCUT2D eigenvalue weighted by Gasteiger charge is -2.33. The van der Waals surface area contributed by atoms with Crippen LogP contribution in [0.25, 0.3) is 5.69 Å². The summed E-state index contributed by atoms with van der Waals surface area (Å²) in [6.07, 6.45) is 5.97. The Labute approximate surface area is 193 Å². The number of piperidine rings is 1. The molecule has 1 atom stereocenters. The lowest BCUT2D eigenvalue weighted by atomic mass is 10.1. The predicted molar refractivity (Wildman–Crippen MR) is 123 cm³/mol. The standard InChI is InChI=1S/C22H23N5O4.C2H6/c1-15-9-10-23-20(19(15)22(29)30-2)31-16-6-5-13-26(14-16)21(28)17-7-3-4-8-18(17)27-24-11-12-25-27;1-2/h3-4,7-12,16H,5-6,13-14H2,1-2H3;1-2H3/t16-;/m1./s1. The third kappa shape index (κ3) is 5.36. The highest BCUT2D eigenvalue weighted by atomic mass is 16.5. The second-order valence-electron chi connectivity index (χ2n) is 7.27. The van der Waals surface area contributed by atoms with Gasteiger partial charge in [0.05, 0.1) is 37.3 Å². The van der Waals surface area contributed by atoms with Gasteiger partial charge in [0, 0.05) is 12.7 Å². The predicted octanol–water partition coefficient (Wildman–Crippen LogP) is 3.47. The van der Waals surface area contributed by atoms with E-state index in [2.05, 4.69) is 15.2 Å².